The molecule has 0 saturated carbocycles. The zero-order chi connectivity index (χ0) is 25.8. The summed E-state index contributed by atoms with van der Waals surface area (Å²) in [5.41, 5.74) is 3.70. The maximum Gasteiger partial charge on any atom is 0.255 e. The van der Waals surface area contributed by atoms with Crippen LogP contribution in [0.3, 0.4) is 0 Å². The number of benzene rings is 2. The second kappa shape index (κ2) is 11.4. The molecule has 0 aromatic heterocycles. The molecule has 3 aliphatic heterocycles. The van der Waals surface area contributed by atoms with E-state index >= 15 is 0 Å². The van der Waals surface area contributed by atoms with Gasteiger partial charge in [0.25, 0.3) is 5.91 Å². The van der Waals surface area contributed by atoms with Crippen molar-refractivity contribution in [2.24, 2.45) is 5.92 Å². The minimum absolute atomic E-state index is 0.193. The van der Waals surface area contributed by atoms with E-state index in [1.54, 1.807) is 17.0 Å². The Balaban J connectivity index is 1.15. The number of carbonyl (C=O) groups is 3. The molecule has 0 spiro atoms. The van der Waals surface area contributed by atoms with Crippen molar-refractivity contribution in [2.45, 2.75) is 58.3 Å². The van der Waals surface area contributed by atoms with E-state index < -0.39 is 11.9 Å². The Morgan fingerprint density at radius 1 is 0.973 bits per heavy atom. The average Bonchev–Trinajstić information content (AvgIpc) is 3.24. The summed E-state index contributed by atoms with van der Waals surface area (Å²) in [6.07, 6.45) is 2.97. The highest BCUT2D eigenvalue weighted by Crippen LogP contribution is 2.34. The van der Waals surface area contributed by atoms with Crippen LogP contribution in [0.25, 0.3) is 0 Å². The fourth-order valence-electron chi connectivity index (χ4n) is 5.45. The normalized spacial score (nSPS) is 20.7. The molecular formula is C29H35N3O5. The largest absolute Gasteiger partial charge is 0.489 e. The number of nitrogens with zero attached hydrogens (tertiary/aromatic N) is 2. The van der Waals surface area contributed by atoms with Crippen LogP contribution in [0.15, 0.2) is 42.5 Å². The summed E-state index contributed by atoms with van der Waals surface area (Å²) in [5.74, 6) is 0.444. The first-order chi connectivity index (χ1) is 18.0. The van der Waals surface area contributed by atoms with Gasteiger partial charge in [0, 0.05) is 37.3 Å². The molecule has 1 atom stereocenters. The van der Waals surface area contributed by atoms with E-state index in [-0.39, 0.29) is 18.2 Å². The van der Waals surface area contributed by atoms with E-state index in [2.05, 4.69) is 41.4 Å². The molecule has 1 N–H and O–H groups in total. The third kappa shape index (κ3) is 5.86. The molecule has 2 aromatic rings. The van der Waals surface area contributed by atoms with Gasteiger partial charge in [-0.25, -0.2) is 0 Å². The average molecular weight is 506 g/mol. The molecule has 2 aromatic carbocycles. The summed E-state index contributed by atoms with van der Waals surface area (Å²) >= 11 is 0. The Hall–Kier alpha value is -3.23. The van der Waals surface area contributed by atoms with E-state index in [1.165, 1.54) is 18.4 Å². The second-order valence-electron chi connectivity index (χ2n) is 10.2. The lowest BCUT2D eigenvalue weighted by Gasteiger charge is -2.31. The molecular weight excluding hydrogens is 470 g/mol. The van der Waals surface area contributed by atoms with E-state index in [0.717, 1.165) is 44.0 Å². The van der Waals surface area contributed by atoms with Crippen LogP contribution in [0.5, 0.6) is 5.75 Å². The molecule has 8 heteroatoms. The van der Waals surface area contributed by atoms with Crippen molar-refractivity contribution in [3.63, 3.8) is 0 Å². The Labute approximate surface area is 217 Å². The Bertz CT molecular complexity index is 1140. The number of fused-ring (bicyclic) bond motifs is 1. The maximum absolute atomic E-state index is 13.0. The maximum atomic E-state index is 13.0. The van der Waals surface area contributed by atoms with Crippen LogP contribution in [0.1, 0.15) is 59.7 Å². The Morgan fingerprint density at radius 3 is 2.46 bits per heavy atom. The predicted octanol–water partition coefficient (Wildman–Crippen LogP) is 3.28. The van der Waals surface area contributed by atoms with Crippen LogP contribution in [0, 0.1) is 5.92 Å². The van der Waals surface area contributed by atoms with Crippen molar-refractivity contribution in [1.82, 2.24) is 15.1 Å². The van der Waals surface area contributed by atoms with Gasteiger partial charge in [-0.2, -0.15) is 0 Å². The highest BCUT2D eigenvalue weighted by atomic mass is 16.5. The monoisotopic (exact) mass is 505 g/mol. The summed E-state index contributed by atoms with van der Waals surface area (Å²) in [5, 5.41) is 2.34. The first kappa shape index (κ1) is 25.4. The zero-order valence-corrected chi connectivity index (χ0v) is 21.4. The molecule has 37 heavy (non-hydrogen) atoms. The lowest BCUT2D eigenvalue weighted by Crippen LogP contribution is -2.52. The minimum Gasteiger partial charge on any atom is -0.489 e. The smallest absolute Gasteiger partial charge is 0.255 e. The summed E-state index contributed by atoms with van der Waals surface area (Å²) in [7, 11) is 0. The van der Waals surface area contributed by atoms with Crippen molar-refractivity contribution in [3.8, 4) is 5.75 Å². The molecule has 0 bridgehead atoms. The SMILES string of the molecule is CCOCC1CCN(Cc2ccc(COc3cccc4c3CN(C3CCC(=O)NC3=O)C4=O)cc2)CC1. The highest BCUT2D eigenvalue weighted by molar-refractivity contribution is 6.05. The van der Waals surface area contributed by atoms with Crippen LogP contribution < -0.4 is 10.1 Å². The number of amides is 3. The predicted molar refractivity (Wildman–Crippen MR) is 138 cm³/mol. The number of hydrogen-bond acceptors (Lipinski definition) is 6. The van der Waals surface area contributed by atoms with E-state index in [4.69, 9.17) is 9.47 Å². The van der Waals surface area contributed by atoms with Crippen molar-refractivity contribution in [2.75, 3.05) is 26.3 Å². The molecule has 3 heterocycles. The van der Waals surface area contributed by atoms with Crippen molar-refractivity contribution in [3.05, 3.63) is 64.7 Å². The highest BCUT2D eigenvalue weighted by Gasteiger charge is 2.40. The first-order valence-electron chi connectivity index (χ1n) is 13.3. The van der Waals surface area contributed by atoms with Crippen LogP contribution in [-0.4, -0.2) is 59.9 Å². The van der Waals surface area contributed by atoms with Crippen molar-refractivity contribution in [1.29, 1.82) is 0 Å². The molecule has 8 nitrogen and oxygen atoms in total. The molecule has 2 fully saturated rings. The first-order valence-corrected chi connectivity index (χ1v) is 13.3. The number of likely N-dealkylation sites (tertiary alicyclic amines) is 1. The number of carbonyl (C=O) groups excluding carboxylic acids is 3. The van der Waals surface area contributed by atoms with Gasteiger partial charge in [0.1, 0.15) is 18.4 Å². The number of ether oxygens (including phenoxy) is 2. The topological polar surface area (TPSA) is 88.2 Å². The van der Waals surface area contributed by atoms with E-state index in [1.807, 2.05) is 6.07 Å². The van der Waals surface area contributed by atoms with Crippen molar-refractivity contribution >= 4 is 17.7 Å². The van der Waals surface area contributed by atoms with Crippen LogP contribution >= 0.6 is 0 Å². The summed E-state index contributed by atoms with van der Waals surface area (Å²) < 4.78 is 11.7. The molecule has 0 aliphatic carbocycles. The van der Waals surface area contributed by atoms with Gasteiger partial charge in [0.15, 0.2) is 0 Å². The molecule has 3 aliphatic rings. The lowest BCUT2D eigenvalue weighted by molar-refractivity contribution is -0.136. The fraction of sp³-hybridized carbons (Fsp3) is 0.483. The molecule has 3 amide bonds. The quantitative estimate of drug-likeness (QED) is 0.527. The van der Waals surface area contributed by atoms with Gasteiger partial charge in [-0.05, 0) is 68.5 Å². The Morgan fingerprint density at radius 2 is 1.73 bits per heavy atom. The lowest BCUT2D eigenvalue weighted by atomic mass is 9.97. The Kier molecular flexibility index (Phi) is 7.86. The summed E-state index contributed by atoms with van der Waals surface area (Å²) in [6, 6.07) is 13.3. The van der Waals surface area contributed by atoms with Gasteiger partial charge in [0.05, 0.1) is 6.54 Å². The van der Waals surface area contributed by atoms with Crippen LogP contribution in [-0.2, 0) is 34.0 Å². The van der Waals surface area contributed by atoms with Gasteiger partial charge >= 0.3 is 0 Å². The van der Waals surface area contributed by atoms with Gasteiger partial charge < -0.3 is 14.4 Å². The van der Waals surface area contributed by atoms with Crippen LogP contribution in [0.4, 0.5) is 0 Å². The third-order valence-corrected chi connectivity index (χ3v) is 7.63. The fourth-order valence-corrected chi connectivity index (χ4v) is 5.45. The second-order valence-corrected chi connectivity index (χ2v) is 10.2. The number of nitrogens with one attached hydrogen (secondary N) is 1. The van der Waals surface area contributed by atoms with Crippen molar-refractivity contribution < 1.29 is 23.9 Å². The van der Waals surface area contributed by atoms with Gasteiger partial charge in [0.2, 0.25) is 11.8 Å². The standard InChI is InChI=1S/C29H35N3O5/c1-2-36-18-22-12-14-31(15-13-22)16-20-6-8-21(9-7-20)19-37-26-5-3-4-23-24(26)17-32(29(23)35)25-10-11-27(33)30-28(25)34/h3-9,22,25H,2,10-19H2,1H3,(H,30,33,34). The number of imide groups is 1. The van der Waals surface area contributed by atoms with E-state index in [9.17, 15) is 14.4 Å². The minimum atomic E-state index is -0.631. The number of hydrogen-bond donors (Lipinski definition) is 1. The summed E-state index contributed by atoms with van der Waals surface area (Å²) in [6.45, 7) is 7.59. The molecule has 1 unspecified atom stereocenters. The number of piperidine rings is 2. The molecule has 0 radical (unpaired) electrons. The summed E-state index contributed by atoms with van der Waals surface area (Å²) in [4.78, 5) is 40.9. The van der Waals surface area contributed by atoms with Gasteiger partial charge in [-0.1, -0.05) is 30.3 Å². The third-order valence-electron chi connectivity index (χ3n) is 7.63. The molecule has 5 rings (SSSR count). The number of rotatable bonds is 9. The molecule has 196 valence electrons. The van der Waals surface area contributed by atoms with Gasteiger partial charge in [-0.15, -0.1) is 0 Å². The molecule has 2 saturated heterocycles. The van der Waals surface area contributed by atoms with Crippen LogP contribution in [0.2, 0.25) is 0 Å². The van der Waals surface area contributed by atoms with Gasteiger partial charge in [-0.3, -0.25) is 24.6 Å². The van der Waals surface area contributed by atoms with E-state index in [0.29, 0.717) is 36.8 Å². The zero-order valence-electron chi connectivity index (χ0n) is 21.4.